The molecule has 0 aliphatic heterocycles. The summed E-state index contributed by atoms with van der Waals surface area (Å²) in [6.07, 6.45) is 1.61. The Morgan fingerprint density at radius 2 is 1.52 bits per heavy atom. The number of esters is 2. The zero-order valence-corrected chi connectivity index (χ0v) is 17.8. The number of carbonyl (C=O) groups excluding carboxylic acids is 2. The zero-order valence-electron chi connectivity index (χ0n) is 17.8. The molecule has 0 fully saturated rings. The summed E-state index contributed by atoms with van der Waals surface area (Å²) in [5.41, 5.74) is 3.87. The molecule has 0 saturated heterocycles. The fourth-order valence-electron chi connectivity index (χ4n) is 2.94. The smallest absolute Gasteiger partial charge is 0.349 e. The van der Waals surface area contributed by atoms with Gasteiger partial charge in [0.25, 0.3) is 0 Å². The van der Waals surface area contributed by atoms with Crippen LogP contribution in [0, 0.1) is 13.8 Å². The van der Waals surface area contributed by atoms with Gasteiger partial charge in [0.05, 0.1) is 12.2 Å². The minimum absolute atomic E-state index is 0.201. The van der Waals surface area contributed by atoms with Crippen LogP contribution < -0.4 is 9.47 Å². The maximum atomic E-state index is 12.2. The third kappa shape index (κ3) is 7.00. The van der Waals surface area contributed by atoms with Crippen LogP contribution in [-0.2, 0) is 16.0 Å². The Hall–Kier alpha value is -3.60. The van der Waals surface area contributed by atoms with E-state index in [-0.39, 0.29) is 6.61 Å². The summed E-state index contributed by atoms with van der Waals surface area (Å²) >= 11 is 0. The molecule has 0 aliphatic rings. The topological polar surface area (TPSA) is 61.8 Å². The van der Waals surface area contributed by atoms with Crippen LogP contribution in [0.5, 0.6) is 11.5 Å². The summed E-state index contributed by atoms with van der Waals surface area (Å²) in [5.74, 6) is 0.0400. The summed E-state index contributed by atoms with van der Waals surface area (Å²) in [4.78, 5) is 24.2. The zero-order chi connectivity index (χ0) is 22.1. The minimum atomic E-state index is -0.519. The molecule has 3 rings (SSSR count). The van der Waals surface area contributed by atoms with Gasteiger partial charge in [0.2, 0.25) is 0 Å². The second kappa shape index (κ2) is 11.0. The first-order valence-electron chi connectivity index (χ1n) is 10.2. The summed E-state index contributed by atoms with van der Waals surface area (Å²) in [5, 5.41) is 0. The fraction of sp³-hybridized carbons (Fsp3) is 0.231. The maximum absolute atomic E-state index is 12.2. The molecule has 160 valence electrons. The molecule has 5 nitrogen and oxygen atoms in total. The lowest BCUT2D eigenvalue weighted by Crippen LogP contribution is -2.17. The van der Waals surface area contributed by atoms with Crippen molar-refractivity contribution < 1.29 is 23.8 Å². The first-order chi connectivity index (χ1) is 15.0. The van der Waals surface area contributed by atoms with E-state index in [2.05, 4.69) is 12.1 Å². The van der Waals surface area contributed by atoms with E-state index in [4.69, 9.17) is 14.2 Å². The molecule has 0 amide bonds. The molecule has 0 N–H and O–H groups in total. The van der Waals surface area contributed by atoms with Gasteiger partial charge in [-0.1, -0.05) is 36.4 Å². The second-order valence-corrected chi connectivity index (χ2v) is 7.26. The molecule has 0 saturated carbocycles. The number of carbonyl (C=O) groups is 2. The first kappa shape index (κ1) is 22.1. The van der Waals surface area contributed by atoms with Crippen molar-refractivity contribution >= 4 is 11.9 Å². The van der Waals surface area contributed by atoms with Gasteiger partial charge >= 0.3 is 11.9 Å². The van der Waals surface area contributed by atoms with Crippen molar-refractivity contribution in [1.82, 2.24) is 0 Å². The van der Waals surface area contributed by atoms with Gasteiger partial charge in [0.15, 0.2) is 6.61 Å². The molecule has 0 spiro atoms. The number of ether oxygens (including phenoxy) is 3. The first-order valence-corrected chi connectivity index (χ1v) is 10.2. The molecule has 5 heteroatoms. The largest absolute Gasteiger partial charge is 0.482 e. The standard InChI is InChI=1S/C26H26O5/c1-19-10-13-24(17-20(19)2)30-18-25(27)31-23-14-11-22(12-15-23)26(28)29-16-6-9-21-7-4-3-5-8-21/h3-5,7-8,10-15,17H,6,9,16,18H2,1-2H3. The normalized spacial score (nSPS) is 10.4. The van der Waals surface area contributed by atoms with Gasteiger partial charge in [-0.15, -0.1) is 0 Å². The molecule has 3 aromatic rings. The van der Waals surface area contributed by atoms with Crippen LogP contribution in [0.1, 0.15) is 33.5 Å². The Bertz CT molecular complexity index is 1010. The Morgan fingerprint density at radius 3 is 2.23 bits per heavy atom. The molecule has 0 aromatic heterocycles. The highest BCUT2D eigenvalue weighted by Gasteiger charge is 2.10. The summed E-state index contributed by atoms with van der Waals surface area (Å²) in [7, 11) is 0. The molecule has 0 atom stereocenters. The van der Waals surface area contributed by atoms with Crippen molar-refractivity contribution in [3.8, 4) is 11.5 Å². The number of rotatable bonds is 9. The second-order valence-electron chi connectivity index (χ2n) is 7.26. The van der Waals surface area contributed by atoms with Crippen molar-refractivity contribution in [2.24, 2.45) is 0 Å². The van der Waals surface area contributed by atoms with Crippen molar-refractivity contribution in [3.05, 3.63) is 95.1 Å². The Morgan fingerprint density at radius 1 is 0.806 bits per heavy atom. The van der Waals surface area contributed by atoms with E-state index in [9.17, 15) is 9.59 Å². The summed E-state index contributed by atoms with van der Waals surface area (Å²) in [6.45, 7) is 4.14. The van der Waals surface area contributed by atoms with Gasteiger partial charge in [-0.3, -0.25) is 0 Å². The Kier molecular flexibility index (Phi) is 7.82. The highest BCUT2D eigenvalue weighted by molar-refractivity contribution is 5.89. The summed E-state index contributed by atoms with van der Waals surface area (Å²) in [6, 6.07) is 22.0. The molecule has 0 aliphatic carbocycles. The van der Waals surface area contributed by atoms with Crippen molar-refractivity contribution in [3.63, 3.8) is 0 Å². The highest BCUT2D eigenvalue weighted by atomic mass is 16.6. The number of hydrogen-bond donors (Lipinski definition) is 0. The van der Waals surface area contributed by atoms with E-state index < -0.39 is 11.9 Å². The number of aryl methyl sites for hydroxylation is 3. The number of hydrogen-bond acceptors (Lipinski definition) is 5. The van der Waals surface area contributed by atoms with Crippen LogP contribution in [0.2, 0.25) is 0 Å². The minimum Gasteiger partial charge on any atom is -0.482 e. The molecule has 0 bridgehead atoms. The maximum Gasteiger partial charge on any atom is 0.349 e. The average molecular weight is 418 g/mol. The molecular weight excluding hydrogens is 392 g/mol. The van der Waals surface area contributed by atoms with Crippen LogP contribution in [0.3, 0.4) is 0 Å². The quantitative estimate of drug-likeness (QED) is 0.276. The Balaban J connectivity index is 1.40. The van der Waals surface area contributed by atoms with Gasteiger partial charge in [-0.2, -0.15) is 0 Å². The lowest BCUT2D eigenvalue weighted by atomic mass is 10.1. The van der Waals surface area contributed by atoms with Crippen LogP contribution in [0.15, 0.2) is 72.8 Å². The lowest BCUT2D eigenvalue weighted by Gasteiger charge is -2.09. The third-order valence-corrected chi connectivity index (χ3v) is 4.84. The molecule has 3 aromatic carbocycles. The van der Waals surface area contributed by atoms with Gasteiger partial charge in [0, 0.05) is 0 Å². The van der Waals surface area contributed by atoms with E-state index in [1.807, 2.05) is 50.2 Å². The van der Waals surface area contributed by atoms with Gasteiger partial charge in [0.1, 0.15) is 11.5 Å². The fourth-order valence-corrected chi connectivity index (χ4v) is 2.94. The lowest BCUT2D eigenvalue weighted by molar-refractivity contribution is -0.136. The molecule has 0 heterocycles. The number of benzene rings is 3. The average Bonchev–Trinajstić information content (AvgIpc) is 2.78. The SMILES string of the molecule is Cc1ccc(OCC(=O)Oc2ccc(C(=O)OCCCc3ccccc3)cc2)cc1C. The Labute approximate surface area is 182 Å². The van der Waals surface area contributed by atoms with E-state index in [1.54, 1.807) is 24.3 Å². The van der Waals surface area contributed by atoms with Gasteiger partial charge in [-0.25, -0.2) is 9.59 Å². The molecule has 0 unspecified atom stereocenters. The molecule has 31 heavy (non-hydrogen) atoms. The van der Waals surface area contributed by atoms with Crippen LogP contribution in [0.25, 0.3) is 0 Å². The molecular formula is C26H26O5. The van der Waals surface area contributed by atoms with Gasteiger partial charge in [-0.05, 0) is 79.8 Å². The predicted octanol–water partition coefficient (Wildman–Crippen LogP) is 5.08. The van der Waals surface area contributed by atoms with Crippen molar-refractivity contribution in [2.75, 3.05) is 13.2 Å². The van der Waals surface area contributed by atoms with Crippen molar-refractivity contribution in [1.29, 1.82) is 0 Å². The van der Waals surface area contributed by atoms with E-state index in [0.717, 1.165) is 24.0 Å². The third-order valence-electron chi connectivity index (χ3n) is 4.84. The predicted molar refractivity (Wildman–Crippen MR) is 119 cm³/mol. The van der Waals surface area contributed by atoms with Crippen molar-refractivity contribution in [2.45, 2.75) is 26.7 Å². The summed E-state index contributed by atoms with van der Waals surface area (Å²) < 4.78 is 16.0. The monoisotopic (exact) mass is 418 g/mol. The van der Waals surface area contributed by atoms with E-state index in [0.29, 0.717) is 23.7 Å². The molecule has 0 radical (unpaired) electrons. The van der Waals surface area contributed by atoms with Crippen LogP contribution in [0.4, 0.5) is 0 Å². The van der Waals surface area contributed by atoms with E-state index in [1.165, 1.54) is 5.56 Å². The highest BCUT2D eigenvalue weighted by Crippen LogP contribution is 2.17. The van der Waals surface area contributed by atoms with Gasteiger partial charge < -0.3 is 14.2 Å². The van der Waals surface area contributed by atoms with E-state index >= 15 is 0 Å². The van der Waals surface area contributed by atoms with Crippen LogP contribution >= 0.6 is 0 Å². The van der Waals surface area contributed by atoms with Crippen LogP contribution in [-0.4, -0.2) is 25.2 Å².